The van der Waals surface area contributed by atoms with E-state index in [1.165, 1.54) is 0 Å². The molecular weight excluding hydrogens is 456 g/mol. The summed E-state index contributed by atoms with van der Waals surface area (Å²) in [6.07, 6.45) is 3.46. The van der Waals surface area contributed by atoms with Crippen LogP contribution in [0.2, 0.25) is 0 Å². The molecule has 2 N–H and O–H groups in total. The Hall–Kier alpha value is -3.01. The number of hydrogen-bond donors (Lipinski definition) is 2. The van der Waals surface area contributed by atoms with Crippen LogP contribution in [0.3, 0.4) is 0 Å². The smallest absolute Gasteiger partial charge is 0.387 e. The van der Waals surface area contributed by atoms with Gasteiger partial charge in [-0.05, 0) is 62.7 Å². The quantitative estimate of drug-likeness (QED) is 0.473. The lowest BCUT2D eigenvalue weighted by Crippen LogP contribution is -2.47. The lowest BCUT2D eigenvalue weighted by Gasteiger charge is -2.39. The zero-order valence-corrected chi connectivity index (χ0v) is 19.9. The molecule has 1 fully saturated rings. The van der Waals surface area contributed by atoms with Gasteiger partial charge in [0.1, 0.15) is 11.5 Å². The van der Waals surface area contributed by atoms with Crippen molar-refractivity contribution in [2.75, 3.05) is 26.8 Å². The highest BCUT2D eigenvalue weighted by atomic mass is 19.3. The molecule has 0 aliphatic carbocycles. The van der Waals surface area contributed by atoms with Crippen LogP contribution in [0.25, 0.3) is 16.9 Å². The molecule has 7 nitrogen and oxygen atoms in total. The van der Waals surface area contributed by atoms with E-state index in [-0.39, 0.29) is 18.3 Å². The summed E-state index contributed by atoms with van der Waals surface area (Å²) in [4.78, 5) is 2.10. The van der Waals surface area contributed by atoms with E-state index >= 15 is 0 Å². The minimum atomic E-state index is -2.95. The summed E-state index contributed by atoms with van der Waals surface area (Å²) in [5.74, 6) is 0.750. The van der Waals surface area contributed by atoms with E-state index in [0.717, 1.165) is 30.8 Å². The third kappa shape index (κ3) is 5.98. The number of halogens is 2. The average molecular weight is 488 g/mol. The molecule has 2 aromatic carbocycles. The molecular formula is C26H31F2N3O4. The normalized spacial score (nSPS) is 18.4. The monoisotopic (exact) mass is 487 g/mol. The lowest BCUT2D eigenvalue weighted by atomic mass is 9.83. The Balaban J connectivity index is 1.55. The number of ether oxygens (including phenoxy) is 2. The highest BCUT2D eigenvalue weighted by molar-refractivity contribution is 5.62. The lowest BCUT2D eigenvalue weighted by molar-refractivity contribution is -0.0702. The number of rotatable bonds is 9. The fourth-order valence-electron chi connectivity index (χ4n) is 4.48. The summed E-state index contributed by atoms with van der Waals surface area (Å²) in [5.41, 5.74) is 1.59. The van der Waals surface area contributed by atoms with Crippen LogP contribution in [0.15, 0.2) is 54.7 Å². The Kier molecular flexibility index (Phi) is 7.69. The molecule has 188 valence electrons. The highest BCUT2D eigenvalue weighted by Gasteiger charge is 2.34. The van der Waals surface area contributed by atoms with Gasteiger partial charge in [0, 0.05) is 36.3 Å². The van der Waals surface area contributed by atoms with E-state index < -0.39 is 12.2 Å². The molecule has 2 atom stereocenters. The molecule has 4 rings (SSSR count). The predicted octanol–water partition coefficient (Wildman–Crippen LogP) is 4.10. The predicted molar refractivity (Wildman–Crippen MR) is 128 cm³/mol. The number of aliphatic hydroxyl groups is 2. The maximum absolute atomic E-state index is 13.2. The Bertz CT molecular complexity index is 1120. The molecule has 0 amide bonds. The van der Waals surface area contributed by atoms with E-state index in [2.05, 4.69) is 10.00 Å². The van der Waals surface area contributed by atoms with Crippen LogP contribution in [-0.4, -0.2) is 63.9 Å². The minimum Gasteiger partial charge on any atom is -0.497 e. The van der Waals surface area contributed by atoms with E-state index in [4.69, 9.17) is 9.47 Å². The van der Waals surface area contributed by atoms with Crippen molar-refractivity contribution in [3.63, 3.8) is 0 Å². The number of piperidine rings is 1. The molecule has 0 spiro atoms. The SMILES string of the molecule is COc1ccc(-n2ccc(-c3ccc(CN4CCC[C@H]([C@](C)(O)CO)C4)c(OC(F)F)c3)n2)cc1. The van der Waals surface area contributed by atoms with Crippen LogP contribution in [0.4, 0.5) is 8.78 Å². The standard InChI is InChI=1S/C26H31F2N3O4/c1-26(33,17-32)20-4-3-12-30(16-20)15-19-6-5-18(14-24(19)35-25(27)28)23-11-13-31(29-23)21-7-9-22(34-2)10-8-21/h5-11,13-14,20,25,32-33H,3-4,12,15-17H2,1-2H3/t20-,26+/m0/s1. The van der Waals surface area contributed by atoms with Crippen molar-refractivity contribution in [3.8, 4) is 28.4 Å². The van der Waals surface area contributed by atoms with Gasteiger partial charge in [-0.3, -0.25) is 4.90 Å². The first-order chi connectivity index (χ1) is 16.8. The second-order valence-electron chi connectivity index (χ2n) is 9.13. The van der Waals surface area contributed by atoms with Gasteiger partial charge in [-0.1, -0.05) is 12.1 Å². The van der Waals surface area contributed by atoms with Crippen LogP contribution in [0.1, 0.15) is 25.3 Å². The first-order valence-corrected chi connectivity index (χ1v) is 11.6. The van der Waals surface area contributed by atoms with Crippen molar-refractivity contribution in [1.29, 1.82) is 0 Å². The van der Waals surface area contributed by atoms with Crippen LogP contribution < -0.4 is 9.47 Å². The Labute approximate surface area is 203 Å². The largest absolute Gasteiger partial charge is 0.497 e. The zero-order valence-electron chi connectivity index (χ0n) is 19.9. The van der Waals surface area contributed by atoms with Gasteiger partial charge in [-0.15, -0.1) is 0 Å². The second kappa shape index (κ2) is 10.7. The zero-order chi connectivity index (χ0) is 25.0. The highest BCUT2D eigenvalue weighted by Crippen LogP contribution is 2.32. The molecule has 0 bridgehead atoms. The van der Waals surface area contributed by atoms with Crippen molar-refractivity contribution < 1.29 is 28.5 Å². The molecule has 1 aliphatic rings. The van der Waals surface area contributed by atoms with E-state index in [0.29, 0.717) is 29.9 Å². The maximum atomic E-state index is 13.2. The molecule has 35 heavy (non-hydrogen) atoms. The van der Waals surface area contributed by atoms with Crippen molar-refractivity contribution in [3.05, 3.63) is 60.3 Å². The van der Waals surface area contributed by atoms with Gasteiger partial charge < -0.3 is 19.7 Å². The van der Waals surface area contributed by atoms with Gasteiger partial charge in [0.25, 0.3) is 0 Å². The van der Waals surface area contributed by atoms with Gasteiger partial charge >= 0.3 is 6.61 Å². The molecule has 1 aromatic heterocycles. The molecule has 9 heteroatoms. The van der Waals surface area contributed by atoms with E-state index in [9.17, 15) is 19.0 Å². The van der Waals surface area contributed by atoms with Gasteiger partial charge in [0.2, 0.25) is 0 Å². The third-order valence-electron chi connectivity index (χ3n) is 6.60. The Morgan fingerprint density at radius 3 is 2.63 bits per heavy atom. The number of alkyl halides is 2. The second-order valence-corrected chi connectivity index (χ2v) is 9.13. The fraction of sp³-hybridized carbons (Fsp3) is 0.423. The number of methoxy groups -OCH3 is 1. The van der Waals surface area contributed by atoms with Gasteiger partial charge in [0.15, 0.2) is 0 Å². The summed E-state index contributed by atoms with van der Waals surface area (Å²) < 4.78 is 38.3. The van der Waals surface area contributed by atoms with Gasteiger partial charge in [-0.25, -0.2) is 4.68 Å². The summed E-state index contributed by atoms with van der Waals surface area (Å²) in [6.45, 7) is 0.108. The topological polar surface area (TPSA) is 80.0 Å². The number of likely N-dealkylation sites (tertiary alicyclic amines) is 1. The molecule has 1 aliphatic heterocycles. The van der Waals surface area contributed by atoms with Crippen molar-refractivity contribution >= 4 is 0 Å². The number of nitrogens with zero attached hydrogens (tertiary/aromatic N) is 3. The molecule has 0 saturated carbocycles. The first-order valence-electron chi connectivity index (χ1n) is 11.6. The number of aliphatic hydroxyl groups excluding tert-OH is 1. The molecule has 3 aromatic rings. The van der Waals surface area contributed by atoms with Crippen molar-refractivity contribution in [1.82, 2.24) is 14.7 Å². The molecule has 2 heterocycles. The molecule has 0 radical (unpaired) electrons. The summed E-state index contributed by atoms with van der Waals surface area (Å²) in [5, 5.41) is 24.6. The van der Waals surface area contributed by atoms with Crippen molar-refractivity contribution in [2.24, 2.45) is 5.92 Å². The number of benzene rings is 2. The van der Waals surface area contributed by atoms with Crippen LogP contribution in [0.5, 0.6) is 11.5 Å². The maximum Gasteiger partial charge on any atom is 0.387 e. The number of aromatic nitrogens is 2. The summed E-state index contributed by atoms with van der Waals surface area (Å²) in [6, 6.07) is 14.5. The van der Waals surface area contributed by atoms with E-state index in [1.807, 2.05) is 36.4 Å². The van der Waals surface area contributed by atoms with Crippen LogP contribution in [0, 0.1) is 5.92 Å². The molecule has 1 saturated heterocycles. The molecule has 0 unspecified atom stereocenters. The summed E-state index contributed by atoms with van der Waals surface area (Å²) in [7, 11) is 1.60. The van der Waals surface area contributed by atoms with Gasteiger partial charge in [0.05, 0.1) is 30.7 Å². The van der Waals surface area contributed by atoms with Gasteiger partial charge in [-0.2, -0.15) is 13.9 Å². The number of hydrogen-bond acceptors (Lipinski definition) is 6. The van der Waals surface area contributed by atoms with Crippen molar-refractivity contribution in [2.45, 2.75) is 38.5 Å². The fourth-order valence-corrected chi connectivity index (χ4v) is 4.48. The average Bonchev–Trinajstić information content (AvgIpc) is 3.35. The summed E-state index contributed by atoms with van der Waals surface area (Å²) >= 11 is 0. The third-order valence-corrected chi connectivity index (χ3v) is 6.60. The van der Waals surface area contributed by atoms with Crippen LogP contribution >= 0.6 is 0 Å². The first kappa shape index (κ1) is 25.1. The van der Waals surface area contributed by atoms with Crippen LogP contribution in [-0.2, 0) is 6.54 Å². The van der Waals surface area contributed by atoms with E-state index in [1.54, 1.807) is 37.0 Å². The minimum absolute atomic E-state index is 0.0955. The Morgan fingerprint density at radius 2 is 1.94 bits per heavy atom. The Morgan fingerprint density at radius 1 is 1.17 bits per heavy atom.